The monoisotopic (exact) mass is 222 g/mol. The molecule has 0 aliphatic heterocycles. The Hall–Kier alpha value is 0.597. The molecule has 0 aliphatic carbocycles. The van der Waals surface area contributed by atoms with Crippen molar-refractivity contribution in [2.24, 2.45) is 0 Å². The van der Waals surface area contributed by atoms with Gasteiger partial charge in [-0.15, -0.1) is 0 Å². The van der Waals surface area contributed by atoms with E-state index in [9.17, 15) is 0 Å². The van der Waals surface area contributed by atoms with Gasteiger partial charge in [0.05, 0.1) is 0 Å². The van der Waals surface area contributed by atoms with Crippen molar-refractivity contribution >= 4 is 17.7 Å². The molecule has 0 N–H and O–H groups in total. The van der Waals surface area contributed by atoms with E-state index in [4.69, 9.17) is 0 Å². The molecule has 0 nitrogen and oxygen atoms in total. The Morgan fingerprint density at radius 1 is 1.60 bits per heavy atom. The van der Waals surface area contributed by atoms with Gasteiger partial charge in [-0.2, -0.15) is 0 Å². The Kier molecular flexibility index (Phi) is 5.15. The van der Waals surface area contributed by atoms with Crippen LogP contribution in [-0.2, 0) is 0 Å². The Morgan fingerprint density at radius 3 is 2.20 bits per heavy atom. The van der Waals surface area contributed by atoms with E-state index in [0.717, 1.165) is 0 Å². The van der Waals surface area contributed by atoms with Crippen molar-refractivity contribution in [1.82, 2.24) is 0 Å². The molecule has 0 atom stereocenters. The van der Waals surface area contributed by atoms with Crippen molar-refractivity contribution in [2.75, 3.05) is 0 Å². The van der Waals surface area contributed by atoms with Crippen molar-refractivity contribution < 1.29 is 0 Å². The molecule has 0 aromatic heterocycles. The molecule has 0 saturated heterocycles. The number of rotatable bonds is 2. The van der Waals surface area contributed by atoms with Gasteiger partial charge in [0.1, 0.15) is 0 Å². The van der Waals surface area contributed by atoms with E-state index in [1.807, 2.05) is 0 Å². The van der Waals surface area contributed by atoms with Gasteiger partial charge in [0.2, 0.25) is 0 Å². The molecule has 0 aromatic rings. The molecule has 0 unspecified atom stereocenters. The van der Waals surface area contributed by atoms with Crippen molar-refractivity contribution in [3.05, 3.63) is 0 Å². The van der Waals surface area contributed by atoms with Gasteiger partial charge in [0, 0.05) is 0 Å². The van der Waals surface area contributed by atoms with Crippen LogP contribution in [0.4, 0.5) is 0 Å². The molecule has 0 radical (unpaired) electrons. The molecule has 0 spiro atoms. The predicted octanol–water partition coefficient (Wildman–Crippen LogP) is 1.37. The fourth-order valence-electron chi connectivity index (χ4n) is 0.354. The average Bonchev–Trinajstić information content (AvgIpc) is 1.41. The molecular formula is C4H9Li. The standard InChI is InChI=1S/C4H9.Li/c1-3-4-2;/h1,3-4H2,2H3;/i;1-88. The minimum atomic E-state index is 1.34. The second-order valence-corrected chi connectivity index (χ2v) is 1.35. The predicted molar refractivity (Wildman–Crippen MR) is 25.5 cm³/mol. The zero-order valence-corrected chi connectivity index (χ0v) is 4.12. The normalized spacial score (nSPS) is 8.60. The summed E-state index contributed by atoms with van der Waals surface area (Å²) in [5.41, 5.74) is 0. The van der Waals surface area contributed by atoms with Crippen molar-refractivity contribution in [2.45, 2.75) is 24.9 Å². The third-order valence-electron chi connectivity index (χ3n) is 0.707. The molecule has 26 valence electrons. The summed E-state index contributed by atoms with van der Waals surface area (Å²) in [4.78, 5) is 0. The second kappa shape index (κ2) is 4.60. The molecule has 0 saturated carbocycles. The van der Waals surface area contributed by atoms with E-state index < -0.39 is 0 Å². The molecule has 5 heavy (non-hydrogen) atoms. The Labute approximate surface area is 43.2 Å². The summed E-state index contributed by atoms with van der Waals surface area (Å²) in [6.45, 7) is 2.21. The summed E-state index contributed by atoms with van der Waals surface area (Å²) in [6.07, 6.45) is 2.73. The van der Waals surface area contributed by atoms with Crippen LogP contribution in [0.2, 0.25) is 5.09 Å². The third kappa shape index (κ3) is 4.60. The van der Waals surface area contributed by atoms with E-state index >= 15 is 0 Å². The van der Waals surface area contributed by atoms with E-state index in [1.54, 1.807) is 0 Å². The van der Waals surface area contributed by atoms with Crippen molar-refractivity contribution in [3.63, 3.8) is 0 Å². The van der Waals surface area contributed by atoms with Crippen LogP contribution in [0.15, 0.2) is 0 Å². The molecular weight excluding hydrogens is 213 g/mol. The molecule has 0 aliphatic rings. The van der Waals surface area contributed by atoms with Gasteiger partial charge in [0.25, 0.3) is 0 Å². The number of hydrogen-bond donors (Lipinski definition) is 0. The summed E-state index contributed by atoms with van der Waals surface area (Å²) in [7, 11) is 0. The van der Waals surface area contributed by atoms with Crippen LogP contribution in [0, 0.1) is 0 Å². The topological polar surface area (TPSA) is 0 Å². The maximum atomic E-state index is 2.21. The number of unbranched alkanes of at least 4 members (excludes halogenated alkanes) is 1. The summed E-state index contributed by atoms with van der Waals surface area (Å²) >= 11 is 2.21. The molecule has 0 bridgehead atoms. The Balaban J connectivity index is 2.19. The molecule has 0 amide bonds. The molecule has 0 rings (SSSR count). The van der Waals surface area contributed by atoms with Gasteiger partial charge in [-0.25, -0.2) is 0 Å². The van der Waals surface area contributed by atoms with Gasteiger partial charge in [0.15, 0.2) is 0 Å². The van der Waals surface area contributed by atoms with Gasteiger partial charge in [-0.1, -0.05) is 0 Å². The summed E-state index contributed by atoms with van der Waals surface area (Å²) in [6, 6.07) is 0. The fourth-order valence-corrected chi connectivity index (χ4v) is 0.354. The van der Waals surface area contributed by atoms with Gasteiger partial charge >= 0.3 is 42.6 Å². The van der Waals surface area contributed by atoms with Crippen LogP contribution in [0.5, 0.6) is 0 Å². The number of hydrogen-bond acceptors (Lipinski definition) is 0. The first-order chi connectivity index (χ1) is 2.41. The second-order valence-electron chi connectivity index (χ2n) is 1.35. The average molecular weight is 222 g/mol. The van der Waals surface area contributed by atoms with E-state index in [-0.39, 0.29) is 0 Å². The van der Waals surface area contributed by atoms with Crippen molar-refractivity contribution in [1.29, 1.82) is 0 Å². The first-order valence-corrected chi connectivity index (χ1v) is 2.41. The first-order valence-electron chi connectivity index (χ1n) is 2.41. The van der Waals surface area contributed by atoms with Crippen LogP contribution >= 0.6 is 0 Å². The molecule has 0 fully saturated rings. The van der Waals surface area contributed by atoms with Gasteiger partial charge < -0.3 is 0 Å². The third-order valence-corrected chi connectivity index (χ3v) is 0.707. The van der Waals surface area contributed by atoms with E-state index in [1.165, 1.54) is 17.9 Å². The van der Waals surface area contributed by atoms with E-state index in [2.05, 4.69) is 24.6 Å². The summed E-state index contributed by atoms with van der Waals surface area (Å²) in [5.74, 6) is 0. The maximum absolute atomic E-state index is 2.21. The SMILES string of the molecule is [165Li][CH2]CCC. The minimum absolute atomic E-state index is 1.34. The van der Waals surface area contributed by atoms with Gasteiger partial charge in [-0.3, -0.25) is 0 Å². The molecule has 0 aromatic carbocycles. The quantitative estimate of drug-likeness (QED) is 0.619. The molecule has 1 heteroatoms. The van der Waals surface area contributed by atoms with Crippen LogP contribution in [0.1, 0.15) is 19.8 Å². The van der Waals surface area contributed by atoms with Crippen LogP contribution in [0.25, 0.3) is 0 Å². The zero-order chi connectivity index (χ0) is 4.12. The zero-order valence-electron chi connectivity index (χ0n) is 4.12. The van der Waals surface area contributed by atoms with Crippen LogP contribution in [-0.4, -0.2) is 17.7 Å². The van der Waals surface area contributed by atoms with E-state index in [0.29, 0.717) is 0 Å². The van der Waals surface area contributed by atoms with Gasteiger partial charge in [-0.05, 0) is 0 Å². The first kappa shape index (κ1) is 5.60. The summed E-state index contributed by atoms with van der Waals surface area (Å²) < 4.78 is 0. The summed E-state index contributed by atoms with van der Waals surface area (Å²) in [5, 5.41) is 1.34. The fraction of sp³-hybridized carbons (Fsp3) is 1.00. The molecule has 0 heterocycles. The Morgan fingerprint density at radius 2 is 2.20 bits per heavy atom. The Bertz CT molecular complexity index is 11.1. The van der Waals surface area contributed by atoms with Crippen LogP contribution in [0.3, 0.4) is 0 Å². The van der Waals surface area contributed by atoms with Crippen LogP contribution < -0.4 is 0 Å². The van der Waals surface area contributed by atoms with Crippen molar-refractivity contribution in [3.8, 4) is 0 Å².